The van der Waals surface area contributed by atoms with Crippen molar-refractivity contribution in [1.82, 2.24) is 0 Å². The summed E-state index contributed by atoms with van der Waals surface area (Å²) in [5.74, 6) is 0.750. The molecule has 1 aliphatic rings. The SMILES string of the molecule is CCC(=CF)COc1ccc(C2=NC(C)=CC2)cc1. The van der Waals surface area contributed by atoms with Gasteiger partial charge in [0.15, 0.2) is 0 Å². The summed E-state index contributed by atoms with van der Waals surface area (Å²) < 4.78 is 17.9. The van der Waals surface area contributed by atoms with Crippen LogP contribution in [-0.2, 0) is 0 Å². The van der Waals surface area contributed by atoms with Gasteiger partial charge in [0.05, 0.1) is 12.0 Å². The van der Waals surface area contributed by atoms with Gasteiger partial charge in [0.1, 0.15) is 12.4 Å². The molecule has 1 heterocycles. The quantitative estimate of drug-likeness (QED) is 0.766. The number of nitrogens with zero attached hydrogens (tertiary/aromatic N) is 1. The second-order valence-corrected chi connectivity index (χ2v) is 4.54. The number of rotatable bonds is 5. The summed E-state index contributed by atoms with van der Waals surface area (Å²) in [5, 5.41) is 0. The predicted octanol–water partition coefficient (Wildman–Crippen LogP) is 4.43. The number of aliphatic imine (C=N–C) groups is 1. The first kappa shape index (κ1) is 13.5. The second kappa shape index (κ2) is 6.32. The lowest BCUT2D eigenvalue weighted by Crippen LogP contribution is -2.01. The van der Waals surface area contributed by atoms with Crippen LogP contribution in [0, 0.1) is 0 Å². The molecule has 3 heteroatoms. The van der Waals surface area contributed by atoms with Crippen LogP contribution in [0.5, 0.6) is 5.75 Å². The molecule has 1 aromatic rings. The van der Waals surface area contributed by atoms with Gasteiger partial charge >= 0.3 is 0 Å². The minimum absolute atomic E-state index is 0.300. The first-order valence-corrected chi connectivity index (χ1v) is 6.48. The average molecular weight is 259 g/mol. The number of ether oxygens (including phenoxy) is 1. The molecule has 19 heavy (non-hydrogen) atoms. The van der Waals surface area contributed by atoms with Gasteiger partial charge in [0.2, 0.25) is 0 Å². The summed E-state index contributed by atoms with van der Waals surface area (Å²) in [4.78, 5) is 4.47. The Morgan fingerprint density at radius 2 is 2.11 bits per heavy atom. The highest BCUT2D eigenvalue weighted by Gasteiger charge is 2.08. The molecular weight excluding hydrogens is 241 g/mol. The zero-order chi connectivity index (χ0) is 13.7. The zero-order valence-corrected chi connectivity index (χ0v) is 11.3. The molecule has 0 N–H and O–H groups in total. The molecule has 0 radical (unpaired) electrons. The number of hydrogen-bond donors (Lipinski definition) is 0. The van der Waals surface area contributed by atoms with Crippen LogP contribution in [0.1, 0.15) is 32.3 Å². The Labute approximate surface area is 113 Å². The molecule has 0 amide bonds. The van der Waals surface area contributed by atoms with E-state index in [1.54, 1.807) is 0 Å². The van der Waals surface area contributed by atoms with E-state index in [9.17, 15) is 4.39 Å². The van der Waals surface area contributed by atoms with Crippen LogP contribution in [0.2, 0.25) is 0 Å². The van der Waals surface area contributed by atoms with Gasteiger partial charge in [-0.3, -0.25) is 4.99 Å². The largest absolute Gasteiger partial charge is 0.489 e. The van der Waals surface area contributed by atoms with Crippen molar-refractivity contribution in [2.45, 2.75) is 26.7 Å². The zero-order valence-electron chi connectivity index (χ0n) is 11.3. The Morgan fingerprint density at radius 1 is 1.37 bits per heavy atom. The van der Waals surface area contributed by atoms with Crippen LogP contribution in [0.15, 0.2) is 52.9 Å². The normalized spacial score (nSPS) is 15.2. The maximum atomic E-state index is 12.4. The number of benzene rings is 1. The highest BCUT2D eigenvalue weighted by molar-refractivity contribution is 6.03. The number of halogens is 1. The Hall–Kier alpha value is -1.90. The molecule has 0 fully saturated rings. The summed E-state index contributed by atoms with van der Waals surface area (Å²) >= 11 is 0. The number of hydrogen-bond acceptors (Lipinski definition) is 2. The highest BCUT2D eigenvalue weighted by atomic mass is 19.1. The molecule has 0 spiro atoms. The van der Waals surface area contributed by atoms with E-state index in [0.29, 0.717) is 24.9 Å². The molecule has 0 aromatic heterocycles. The van der Waals surface area contributed by atoms with Crippen LogP contribution in [0.25, 0.3) is 0 Å². The molecule has 0 saturated heterocycles. The van der Waals surface area contributed by atoms with Crippen LogP contribution >= 0.6 is 0 Å². The van der Waals surface area contributed by atoms with E-state index in [1.807, 2.05) is 38.1 Å². The van der Waals surface area contributed by atoms with Crippen molar-refractivity contribution >= 4 is 5.71 Å². The van der Waals surface area contributed by atoms with Gasteiger partial charge in [-0.1, -0.05) is 13.0 Å². The van der Waals surface area contributed by atoms with E-state index in [1.165, 1.54) is 0 Å². The fourth-order valence-electron chi connectivity index (χ4n) is 1.86. The summed E-state index contributed by atoms with van der Waals surface area (Å²) in [6, 6.07) is 7.78. The lowest BCUT2D eigenvalue weighted by atomic mass is 10.1. The van der Waals surface area contributed by atoms with Gasteiger partial charge in [-0.2, -0.15) is 0 Å². The van der Waals surface area contributed by atoms with E-state index >= 15 is 0 Å². The summed E-state index contributed by atoms with van der Waals surface area (Å²) in [6.07, 6.45) is 4.28. The minimum atomic E-state index is 0.300. The summed E-state index contributed by atoms with van der Waals surface area (Å²) in [7, 11) is 0. The first-order chi connectivity index (χ1) is 9.22. The van der Waals surface area contributed by atoms with E-state index in [-0.39, 0.29) is 0 Å². The summed E-state index contributed by atoms with van der Waals surface area (Å²) in [5.41, 5.74) is 3.92. The maximum absolute atomic E-state index is 12.4. The Balaban J connectivity index is 1.98. The molecule has 1 aromatic carbocycles. The van der Waals surface area contributed by atoms with E-state index in [2.05, 4.69) is 11.1 Å². The van der Waals surface area contributed by atoms with Crippen LogP contribution in [-0.4, -0.2) is 12.3 Å². The van der Waals surface area contributed by atoms with Crippen molar-refractivity contribution in [2.75, 3.05) is 6.61 Å². The van der Waals surface area contributed by atoms with E-state index in [4.69, 9.17) is 4.74 Å². The second-order valence-electron chi connectivity index (χ2n) is 4.54. The van der Waals surface area contributed by atoms with E-state index in [0.717, 1.165) is 29.1 Å². The van der Waals surface area contributed by atoms with Crippen molar-refractivity contribution in [3.05, 3.63) is 53.5 Å². The van der Waals surface area contributed by atoms with Crippen molar-refractivity contribution in [3.63, 3.8) is 0 Å². The molecule has 0 bridgehead atoms. The maximum Gasteiger partial charge on any atom is 0.119 e. The highest BCUT2D eigenvalue weighted by Crippen LogP contribution is 2.19. The standard InChI is InChI=1S/C16H18FNO/c1-3-13(10-17)11-19-15-7-5-14(6-8-15)16-9-4-12(2)18-16/h4-8,10H,3,9,11H2,1-2H3. The minimum Gasteiger partial charge on any atom is -0.489 e. The van der Waals surface area contributed by atoms with Crippen molar-refractivity contribution in [3.8, 4) is 5.75 Å². The first-order valence-electron chi connectivity index (χ1n) is 6.48. The lowest BCUT2D eigenvalue weighted by Gasteiger charge is -2.08. The monoisotopic (exact) mass is 259 g/mol. The topological polar surface area (TPSA) is 21.6 Å². The third-order valence-electron chi connectivity index (χ3n) is 3.12. The molecule has 2 nitrogen and oxygen atoms in total. The van der Waals surface area contributed by atoms with Gasteiger partial charge in [-0.25, -0.2) is 4.39 Å². The molecule has 0 saturated carbocycles. The van der Waals surface area contributed by atoms with Gasteiger partial charge in [0, 0.05) is 12.1 Å². The summed E-state index contributed by atoms with van der Waals surface area (Å²) in [6.45, 7) is 4.21. The van der Waals surface area contributed by atoms with Gasteiger partial charge in [0.25, 0.3) is 0 Å². The van der Waals surface area contributed by atoms with Crippen molar-refractivity contribution < 1.29 is 9.13 Å². The fraction of sp³-hybridized carbons (Fsp3) is 0.312. The predicted molar refractivity (Wildman–Crippen MR) is 76.3 cm³/mol. The smallest absolute Gasteiger partial charge is 0.119 e. The fourth-order valence-corrected chi connectivity index (χ4v) is 1.86. The van der Waals surface area contributed by atoms with Crippen LogP contribution in [0.4, 0.5) is 4.39 Å². The van der Waals surface area contributed by atoms with Crippen LogP contribution < -0.4 is 4.74 Å². The average Bonchev–Trinajstić information content (AvgIpc) is 2.87. The van der Waals surface area contributed by atoms with Crippen molar-refractivity contribution in [2.24, 2.45) is 4.99 Å². The Morgan fingerprint density at radius 3 is 2.63 bits per heavy atom. The number of allylic oxidation sites excluding steroid dienone is 2. The Bertz CT molecular complexity index is 526. The van der Waals surface area contributed by atoms with Gasteiger partial charge in [-0.15, -0.1) is 0 Å². The molecule has 1 aliphatic heterocycles. The third-order valence-corrected chi connectivity index (χ3v) is 3.12. The van der Waals surface area contributed by atoms with Crippen LogP contribution in [0.3, 0.4) is 0 Å². The Kier molecular flexibility index (Phi) is 4.50. The van der Waals surface area contributed by atoms with Gasteiger partial charge in [-0.05, 0) is 48.7 Å². The third kappa shape index (κ3) is 3.53. The van der Waals surface area contributed by atoms with Crippen molar-refractivity contribution in [1.29, 1.82) is 0 Å². The molecule has 2 rings (SSSR count). The molecule has 0 unspecified atom stereocenters. The lowest BCUT2D eigenvalue weighted by molar-refractivity contribution is 0.345. The molecule has 0 atom stereocenters. The van der Waals surface area contributed by atoms with E-state index < -0.39 is 0 Å². The van der Waals surface area contributed by atoms with Gasteiger partial charge < -0.3 is 4.74 Å². The molecule has 0 aliphatic carbocycles. The molecule has 100 valence electrons. The molecular formula is C16H18FNO.